The summed E-state index contributed by atoms with van der Waals surface area (Å²) in [6.45, 7) is 12.8. The number of esters is 1. The van der Waals surface area contributed by atoms with Gasteiger partial charge in [-0.2, -0.15) is 11.8 Å². The van der Waals surface area contributed by atoms with E-state index in [4.69, 9.17) is 24.7 Å². The molecule has 4 rings (SSSR count). The Bertz CT molecular complexity index is 1090. The van der Waals surface area contributed by atoms with Crippen LogP contribution in [-0.4, -0.2) is 79.8 Å². The fraction of sp³-hybridized carbons (Fsp3) is 0.769. The predicted octanol–water partition coefficient (Wildman–Crippen LogP) is 3.50. The summed E-state index contributed by atoms with van der Waals surface area (Å²) in [7, 11) is 0. The number of rotatable bonds is 12. The molecule has 0 amide bonds. The van der Waals surface area contributed by atoms with Gasteiger partial charge in [0.15, 0.2) is 29.0 Å². The maximum Gasteiger partial charge on any atom is 0.309 e. The summed E-state index contributed by atoms with van der Waals surface area (Å²) in [5.74, 6) is 1.18. The smallest absolute Gasteiger partial charge is 0.309 e. The maximum absolute atomic E-state index is 12.3. The van der Waals surface area contributed by atoms with Gasteiger partial charge in [0.1, 0.15) is 24.1 Å². The molecule has 5 atom stereocenters. The molecular formula is C26H42N6O5S. The van der Waals surface area contributed by atoms with Gasteiger partial charge in [-0.3, -0.25) is 9.36 Å². The highest BCUT2D eigenvalue weighted by Crippen LogP contribution is 2.44. The van der Waals surface area contributed by atoms with Crippen LogP contribution in [0, 0.1) is 5.92 Å². The van der Waals surface area contributed by atoms with E-state index in [1.54, 1.807) is 18.1 Å². The third-order valence-corrected chi connectivity index (χ3v) is 7.56. The van der Waals surface area contributed by atoms with E-state index in [0.29, 0.717) is 29.3 Å². The van der Waals surface area contributed by atoms with Gasteiger partial charge in [-0.25, -0.2) is 15.0 Å². The number of nitrogens with one attached hydrogen (secondary N) is 1. The molecule has 12 heteroatoms. The summed E-state index contributed by atoms with van der Waals surface area (Å²) >= 11 is 1.74. The summed E-state index contributed by atoms with van der Waals surface area (Å²) in [4.78, 5) is 25.8. The molecule has 4 unspecified atom stereocenters. The molecule has 0 radical (unpaired) electrons. The molecular weight excluding hydrogens is 508 g/mol. The lowest BCUT2D eigenvalue weighted by Crippen LogP contribution is -2.31. The first-order valence-corrected chi connectivity index (χ1v) is 14.6. The molecule has 2 saturated heterocycles. The van der Waals surface area contributed by atoms with Gasteiger partial charge in [0.25, 0.3) is 0 Å². The minimum absolute atomic E-state index is 0.160. The van der Waals surface area contributed by atoms with Crippen LogP contribution in [0.5, 0.6) is 0 Å². The van der Waals surface area contributed by atoms with Gasteiger partial charge >= 0.3 is 5.97 Å². The SMILES string of the molecule is C[C@@H](CCSCC1OC(n2cnc3c(NCCCCN)ncnc32)C2OC(C)(C)OC12)C(=O)OC(C)(C)C. The van der Waals surface area contributed by atoms with E-state index < -0.39 is 17.6 Å². The minimum Gasteiger partial charge on any atom is -0.460 e. The third-order valence-electron chi connectivity index (χ3n) is 6.47. The molecule has 2 aromatic heterocycles. The first kappa shape index (κ1) is 29.0. The van der Waals surface area contributed by atoms with Gasteiger partial charge in [0.05, 0.1) is 18.3 Å². The highest BCUT2D eigenvalue weighted by Gasteiger charge is 2.56. The van der Waals surface area contributed by atoms with Gasteiger partial charge in [0, 0.05) is 12.3 Å². The third kappa shape index (κ3) is 6.95. The molecule has 2 aliphatic heterocycles. The molecule has 2 aliphatic rings. The quantitative estimate of drug-likeness (QED) is 0.297. The number of anilines is 1. The van der Waals surface area contributed by atoms with Gasteiger partial charge < -0.3 is 30.0 Å². The van der Waals surface area contributed by atoms with Crippen molar-refractivity contribution in [1.82, 2.24) is 19.5 Å². The lowest BCUT2D eigenvalue weighted by molar-refractivity contribution is -0.193. The molecule has 0 bridgehead atoms. The fourth-order valence-electron chi connectivity index (χ4n) is 4.64. The van der Waals surface area contributed by atoms with E-state index in [0.717, 1.165) is 31.6 Å². The Labute approximate surface area is 228 Å². The van der Waals surface area contributed by atoms with E-state index in [1.807, 2.05) is 46.1 Å². The first-order chi connectivity index (χ1) is 18.0. The van der Waals surface area contributed by atoms with Crippen molar-refractivity contribution < 1.29 is 23.7 Å². The molecule has 11 nitrogen and oxygen atoms in total. The summed E-state index contributed by atoms with van der Waals surface area (Å²) in [5, 5.41) is 3.34. The predicted molar refractivity (Wildman–Crippen MR) is 147 cm³/mol. The second-order valence-electron chi connectivity index (χ2n) is 11.4. The standard InChI is InChI=1S/C26H42N6O5S/c1-16(24(33)37-25(2,3)4)9-12-38-13-17-19-20(36-26(5,6)35-19)23(34-17)32-15-31-18-21(28-11-8-7-10-27)29-14-30-22(18)32/h14-17,19-20,23H,7-13,27H2,1-6H3,(H,28,29,30)/t16-,17?,19?,20?,23?/m0/s1. The minimum atomic E-state index is -0.716. The summed E-state index contributed by atoms with van der Waals surface area (Å²) in [6.07, 6.45) is 4.77. The van der Waals surface area contributed by atoms with Crippen molar-refractivity contribution in [2.75, 3.05) is 29.9 Å². The molecule has 0 saturated carbocycles. The average molecular weight is 551 g/mol. The van der Waals surface area contributed by atoms with Crippen LogP contribution in [0.15, 0.2) is 12.7 Å². The molecule has 4 heterocycles. The van der Waals surface area contributed by atoms with Gasteiger partial charge in [-0.15, -0.1) is 0 Å². The van der Waals surface area contributed by atoms with Crippen LogP contribution in [-0.2, 0) is 23.7 Å². The van der Waals surface area contributed by atoms with E-state index in [1.165, 1.54) is 6.33 Å². The number of hydrogen-bond acceptors (Lipinski definition) is 11. The Morgan fingerprint density at radius 2 is 2.00 bits per heavy atom. The second-order valence-corrected chi connectivity index (χ2v) is 12.5. The zero-order valence-corrected chi connectivity index (χ0v) is 24.1. The van der Waals surface area contributed by atoms with Crippen molar-refractivity contribution in [3.63, 3.8) is 0 Å². The van der Waals surface area contributed by atoms with Crippen molar-refractivity contribution in [2.24, 2.45) is 11.7 Å². The van der Waals surface area contributed by atoms with Crippen molar-refractivity contribution in [3.05, 3.63) is 12.7 Å². The number of aromatic nitrogens is 4. The van der Waals surface area contributed by atoms with Gasteiger partial charge in [0.2, 0.25) is 0 Å². The number of carbonyl (C=O) groups excluding carboxylic acids is 1. The van der Waals surface area contributed by atoms with Crippen LogP contribution in [0.2, 0.25) is 0 Å². The zero-order chi connectivity index (χ0) is 27.5. The van der Waals surface area contributed by atoms with Crippen LogP contribution < -0.4 is 11.1 Å². The highest BCUT2D eigenvalue weighted by atomic mass is 32.2. The molecule has 0 aliphatic carbocycles. The number of hydrogen-bond donors (Lipinski definition) is 2. The van der Waals surface area contributed by atoms with E-state index in [2.05, 4.69) is 20.3 Å². The lowest BCUT2D eigenvalue weighted by atomic mass is 10.1. The highest BCUT2D eigenvalue weighted by molar-refractivity contribution is 7.99. The molecule has 212 valence electrons. The number of imidazole rings is 1. The molecule has 2 fully saturated rings. The van der Waals surface area contributed by atoms with Crippen molar-refractivity contribution in [3.8, 4) is 0 Å². The van der Waals surface area contributed by atoms with Crippen LogP contribution in [0.25, 0.3) is 11.2 Å². The maximum atomic E-state index is 12.3. The molecule has 2 aromatic rings. The number of unbranched alkanes of at least 4 members (excludes halogenated alkanes) is 1. The Hall–Kier alpha value is -1.99. The number of fused-ring (bicyclic) bond motifs is 2. The normalized spacial score (nSPS) is 25.4. The zero-order valence-electron chi connectivity index (χ0n) is 23.3. The van der Waals surface area contributed by atoms with Crippen molar-refractivity contribution in [1.29, 1.82) is 0 Å². The average Bonchev–Trinajstić information content (AvgIpc) is 3.49. The Morgan fingerprint density at radius 3 is 2.74 bits per heavy atom. The summed E-state index contributed by atoms with van der Waals surface area (Å²) in [5.41, 5.74) is 6.49. The number of ether oxygens (including phenoxy) is 4. The van der Waals surface area contributed by atoms with E-state index >= 15 is 0 Å². The number of thioether (sulfide) groups is 1. The Balaban J connectivity index is 1.41. The van der Waals surface area contributed by atoms with Gasteiger partial charge in [-0.05, 0) is 66.2 Å². The molecule has 38 heavy (non-hydrogen) atoms. The molecule has 0 aromatic carbocycles. The van der Waals surface area contributed by atoms with Crippen LogP contribution in [0.3, 0.4) is 0 Å². The Kier molecular flexibility index (Phi) is 9.18. The molecule has 3 N–H and O–H groups in total. The van der Waals surface area contributed by atoms with E-state index in [-0.39, 0.29) is 30.2 Å². The monoisotopic (exact) mass is 550 g/mol. The first-order valence-electron chi connectivity index (χ1n) is 13.4. The Morgan fingerprint density at radius 1 is 1.24 bits per heavy atom. The van der Waals surface area contributed by atoms with Crippen molar-refractivity contribution >= 4 is 34.7 Å². The van der Waals surface area contributed by atoms with Crippen LogP contribution in [0.4, 0.5) is 5.82 Å². The van der Waals surface area contributed by atoms with E-state index in [9.17, 15) is 4.79 Å². The van der Waals surface area contributed by atoms with Crippen LogP contribution in [0.1, 0.15) is 67.0 Å². The number of nitrogens with two attached hydrogens (primary N) is 1. The lowest BCUT2D eigenvalue weighted by Gasteiger charge is -2.25. The van der Waals surface area contributed by atoms with Crippen molar-refractivity contribution in [2.45, 2.75) is 96.7 Å². The van der Waals surface area contributed by atoms with Crippen LogP contribution >= 0.6 is 11.8 Å². The largest absolute Gasteiger partial charge is 0.460 e. The number of nitrogens with zero attached hydrogens (tertiary/aromatic N) is 4. The number of carbonyl (C=O) groups is 1. The summed E-state index contributed by atoms with van der Waals surface area (Å²) < 4.78 is 26.5. The summed E-state index contributed by atoms with van der Waals surface area (Å²) in [6, 6.07) is 0. The fourth-order valence-corrected chi connectivity index (χ4v) is 5.83. The topological polar surface area (TPSA) is 136 Å². The van der Waals surface area contributed by atoms with Gasteiger partial charge in [-0.1, -0.05) is 6.92 Å². The molecule has 0 spiro atoms. The second kappa shape index (κ2) is 12.0.